The van der Waals surface area contributed by atoms with E-state index < -0.39 is 16.6 Å². The van der Waals surface area contributed by atoms with Crippen LogP contribution in [0.15, 0.2) is 22.8 Å². The van der Waals surface area contributed by atoms with Crippen LogP contribution in [0.3, 0.4) is 0 Å². The fraction of sp³-hybridized carbons (Fsp3) is 0.750. The van der Waals surface area contributed by atoms with Crippen LogP contribution in [0, 0.1) is 0 Å². The predicted molar refractivity (Wildman–Crippen MR) is 74.4 cm³/mol. The summed E-state index contributed by atoms with van der Waals surface area (Å²) in [5.41, 5.74) is 5.42. The van der Waals surface area contributed by atoms with Crippen molar-refractivity contribution in [3.05, 3.63) is 22.8 Å². The molecule has 0 bridgehead atoms. The molecule has 0 N–H and O–H groups in total. The molecule has 1 heteroatoms. The molecule has 0 saturated heterocycles. The molecule has 1 unspecified atom stereocenters. The fourth-order valence-electron chi connectivity index (χ4n) is 4.41. The normalized spacial score (nSPS) is 29.4. The first-order chi connectivity index (χ1) is 7.97. The number of hydrogen-bond acceptors (Lipinski definition) is 0. The molecule has 2 aliphatic carbocycles. The Hall–Kier alpha value is 0.194. The second-order valence-corrected chi connectivity index (χ2v) is 15.1. The van der Waals surface area contributed by atoms with Gasteiger partial charge in [-0.1, -0.05) is 0 Å². The van der Waals surface area contributed by atoms with Crippen LogP contribution in [0.4, 0.5) is 0 Å². The Balaban J connectivity index is 2.55. The molecule has 0 heterocycles. The molecule has 17 heavy (non-hydrogen) atoms. The van der Waals surface area contributed by atoms with Gasteiger partial charge < -0.3 is 0 Å². The molecule has 0 aromatic carbocycles. The van der Waals surface area contributed by atoms with E-state index in [0.717, 1.165) is 0 Å². The van der Waals surface area contributed by atoms with Crippen molar-refractivity contribution in [1.29, 1.82) is 0 Å². The van der Waals surface area contributed by atoms with Crippen molar-refractivity contribution in [2.75, 3.05) is 0 Å². The van der Waals surface area contributed by atoms with Gasteiger partial charge in [0, 0.05) is 0 Å². The van der Waals surface area contributed by atoms with E-state index in [-0.39, 0.29) is 0 Å². The Labute approximate surface area is 111 Å². The van der Waals surface area contributed by atoms with Crippen LogP contribution in [0.1, 0.15) is 52.4 Å². The SMILES string of the molecule is CCC1=CC2=C(CCCC2)[C]1(CC)[Ti]([CH3])([CH3])[CH3]. The van der Waals surface area contributed by atoms with Crippen molar-refractivity contribution in [2.24, 2.45) is 0 Å². The summed E-state index contributed by atoms with van der Waals surface area (Å²) in [6.45, 7) is 4.80. The topological polar surface area (TPSA) is 0 Å². The fourth-order valence-corrected chi connectivity index (χ4v) is 9.82. The molecule has 0 saturated carbocycles. The number of rotatable bonds is 3. The molecule has 0 amide bonds. The van der Waals surface area contributed by atoms with Gasteiger partial charge in [-0.25, -0.2) is 0 Å². The zero-order valence-corrected chi connectivity index (χ0v) is 13.9. The molecule has 1 atom stereocenters. The maximum atomic E-state index is 2.62. The minimum absolute atomic E-state index is 0.560. The molecule has 0 radical (unpaired) electrons. The summed E-state index contributed by atoms with van der Waals surface area (Å²) in [5.74, 6) is 0. The van der Waals surface area contributed by atoms with Crippen molar-refractivity contribution < 1.29 is 16.6 Å². The summed E-state index contributed by atoms with van der Waals surface area (Å²) in [6, 6.07) is 0. The zero-order valence-electron chi connectivity index (χ0n) is 12.3. The Morgan fingerprint density at radius 3 is 2.29 bits per heavy atom. The summed E-state index contributed by atoms with van der Waals surface area (Å²) < 4.78 is 0.560. The summed E-state index contributed by atoms with van der Waals surface area (Å²) >= 11 is -1.74. The van der Waals surface area contributed by atoms with Gasteiger partial charge in [-0.05, 0) is 0 Å². The number of hydrogen-bond donors (Lipinski definition) is 0. The van der Waals surface area contributed by atoms with Gasteiger partial charge in [0.05, 0.1) is 0 Å². The summed E-state index contributed by atoms with van der Waals surface area (Å²) in [4.78, 5) is 0. The molecular weight excluding hydrogens is 240 g/mol. The first kappa shape index (κ1) is 13.6. The van der Waals surface area contributed by atoms with Gasteiger partial charge in [0.25, 0.3) is 0 Å². The molecule has 0 aromatic rings. The second kappa shape index (κ2) is 4.70. The van der Waals surface area contributed by atoms with Crippen LogP contribution in [0.2, 0.25) is 19.4 Å². The van der Waals surface area contributed by atoms with Crippen molar-refractivity contribution in [3.63, 3.8) is 0 Å². The molecular formula is C16H28Ti. The van der Waals surface area contributed by atoms with Gasteiger partial charge in [0.15, 0.2) is 0 Å². The van der Waals surface area contributed by atoms with Gasteiger partial charge in [-0.2, -0.15) is 0 Å². The first-order valence-corrected chi connectivity index (χ1v) is 12.9. The average Bonchev–Trinajstić information content (AvgIpc) is 2.62. The van der Waals surface area contributed by atoms with E-state index in [1.165, 1.54) is 38.5 Å². The Bertz CT molecular complexity index is 367. The van der Waals surface area contributed by atoms with Gasteiger partial charge in [0.1, 0.15) is 0 Å². The Morgan fingerprint density at radius 1 is 1.12 bits per heavy atom. The molecule has 0 fully saturated rings. The molecule has 96 valence electrons. The molecule has 0 aliphatic heterocycles. The molecule has 0 nitrogen and oxygen atoms in total. The predicted octanol–water partition coefficient (Wildman–Crippen LogP) is 6.07. The van der Waals surface area contributed by atoms with Crippen LogP contribution < -0.4 is 0 Å². The van der Waals surface area contributed by atoms with Crippen LogP contribution >= 0.6 is 0 Å². The first-order valence-electron chi connectivity index (χ1n) is 7.41. The van der Waals surface area contributed by atoms with Crippen LogP contribution in [0.25, 0.3) is 0 Å². The molecule has 0 aromatic heterocycles. The van der Waals surface area contributed by atoms with Crippen LogP contribution in [0.5, 0.6) is 0 Å². The van der Waals surface area contributed by atoms with Crippen LogP contribution in [-0.2, 0) is 16.6 Å². The van der Waals surface area contributed by atoms with Crippen molar-refractivity contribution in [3.8, 4) is 0 Å². The summed E-state index contributed by atoms with van der Waals surface area (Å²) in [7, 11) is 0. The molecule has 0 spiro atoms. The van der Waals surface area contributed by atoms with E-state index in [0.29, 0.717) is 3.72 Å². The van der Waals surface area contributed by atoms with Gasteiger partial charge >= 0.3 is 111 Å². The number of allylic oxidation sites excluding steroid dienone is 4. The zero-order chi connectivity index (χ0) is 12.7. The van der Waals surface area contributed by atoms with E-state index >= 15 is 0 Å². The summed E-state index contributed by atoms with van der Waals surface area (Å²) in [6.07, 6.45) is 10.8. The van der Waals surface area contributed by atoms with Gasteiger partial charge in [-0.15, -0.1) is 0 Å². The van der Waals surface area contributed by atoms with Gasteiger partial charge in [0.2, 0.25) is 0 Å². The van der Waals surface area contributed by atoms with Gasteiger partial charge in [-0.3, -0.25) is 0 Å². The van der Waals surface area contributed by atoms with E-state index in [2.05, 4.69) is 35.6 Å². The van der Waals surface area contributed by atoms with Crippen LogP contribution in [-0.4, -0.2) is 0 Å². The molecule has 2 aliphatic rings. The maximum absolute atomic E-state index is 2.62. The van der Waals surface area contributed by atoms with E-state index in [4.69, 9.17) is 0 Å². The second-order valence-electron chi connectivity index (χ2n) is 6.74. The third-order valence-electron chi connectivity index (χ3n) is 5.11. The third kappa shape index (κ3) is 1.92. The Kier molecular flexibility index (Phi) is 3.77. The van der Waals surface area contributed by atoms with Crippen molar-refractivity contribution in [2.45, 2.75) is 71.8 Å². The standard InChI is InChI=1S/C13H19.3CH3.Ti/c1-3-10-9-11-7-5-6-8-13(11)12(10)4-2;;;;/h9H,3-8H2,1-2H3;3*1H3;. The monoisotopic (exact) mass is 268 g/mol. The van der Waals surface area contributed by atoms with E-state index in [9.17, 15) is 0 Å². The summed E-state index contributed by atoms with van der Waals surface area (Å²) in [5, 5.41) is 7.87. The van der Waals surface area contributed by atoms with E-state index in [1.807, 2.05) is 5.57 Å². The average molecular weight is 268 g/mol. The van der Waals surface area contributed by atoms with Crippen molar-refractivity contribution >= 4 is 0 Å². The molecule has 2 rings (SSSR count). The minimum atomic E-state index is -1.74. The quantitative estimate of drug-likeness (QED) is 0.544. The third-order valence-corrected chi connectivity index (χ3v) is 10.6. The van der Waals surface area contributed by atoms with E-state index in [1.54, 1.807) is 11.1 Å². The Morgan fingerprint density at radius 2 is 1.76 bits per heavy atom. The van der Waals surface area contributed by atoms with Crippen molar-refractivity contribution in [1.82, 2.24) is 0 Å².